The zero-order chi connectivity index (χ0) is 23.6. The molecule has 0 saturated carbocycles. The highest BCUT2D eigenvalue weighted by Crippen LogP contribution is 2.47. The maximum absolute atomic E-state index is 6.27. The van der Waals surface area contributed by atoms with Crippen molar-refractivity contribution in [1.29, 1.82) is 0 Å². The van der Waals surface area contributed by atoms with Gasteiger partial charge in [-0.3, -0.25) is 0 Å². The van der Waals surface area contributed by atoms with E-state index in [1.54, 1.807) is 0 Å². The van der Waals surface area contributed by atoms with Crippen LogP contribution in [0, 0.1) is 0 Å². The maximum Gasteiger partial charge on any atom is 0.136 e. The minimum atomic E-state index is 0.903. The lowest BCUT2D eigenvalue weighted by Crippen LogP contribution is -1.97. The van der Waals surface area contributed by atoms with Crippen molar-refractivity contribution in [2.75, 3.05) is 0 Å². The minimum Gasteiger partial charge on any atom is -0.456 e. The fourth-order valence-electron chi connectivity index (χ4n) is 5.50. The molecular formula is C34H20O2. The van der Waals surface area contributed by atoms with Crippen molar-refractivity contribution >= 4 is 32.7 Å². The summed E-state index contributed by atoms with van der Waals surface area (Å²) in [6, 6.07) is 42.6. The van der Waals surface area contributed by atoms with Crippen molar-refractivity contribution in [3.63, 3.8) is 0 Å². The van der Waals surface area contributed by atoms with E-state index in [0.717, 1.165) is 44.6 Å². The van der Waals surface area contributed by atoms with E-state index in [1.165, 1.54) is 33.0 Å². The molecule has 6 aromatic carbocycles. The summed E-state index contributed by atoms with van der Waals surface area (Å²) in [4.78, 5) is 0. The number of furan rings is 1. The summed E-state index contributed by atoms with van der Waals surface area (Å²) in [6.07, 6.45) is 0. The van der Waals surface area contributed by atoms with E-state index in [-0.39, 0.29) is 0 Å². The van der Waals surface area contributed by atoms with Crippen LogP contribution in [0.2, 0.25) is 0 Å². The second-order valence-electron chi connectivity index (χ2n) is 9.36. The molecule has 0 unspecified atom stereocenters. The standard InChI is InChI=1S/C34H20O2/c1-2-9-30-26(7-1)27-17-15-25(20-33(27)36-30)22-13-11-21(12-14-22)24-16-18-31-29(19-24)28-8-3-5-23-6-4-10-32(35-31)34(23)28/h1-20H. The highest BCUT2D eigenvalue weighted by Gasteiger charge is 2.20. The van der Waals surface area contributed by atoms with Crippen LogP contribution in [0.1, 0.15) is 0 Å². The van der Waals surface area contributed by atoms with Gasteiger partial charge in [0.2, 0.25) is 0 Å². The fourth-order valence-corrected chi connectivity index (χ4v) is 5.50. The van der Waals surface area contributed by atoms with Crippen LogP contribution >= 0.6 is 0 Å². The highest BCUT2D eigenvalue weighted by molar-refractivity contribution is 6.06. The summed E-state index contributed by atoms with van der Waals surface area (Å²) in [7, 11) is 0. The zero-order valence-electron chi connectivity index (χ0n) is 19.4. The van der Waals surface area contributed by atoms with E-state index in [9.17, 15) is 0 Å². The van der Waals surface area contributed by atoms with Crippen LogP contribution in [0.3, 0.4) is 0 Å². The summed E-state index contributed by atoms with van der Waals surface area (Å²) in [6.45, 7) is 0. The lowest BCUT2D eigenvalue weighted by Gasteiger charge is -2.22. The normalized spacial score (nSPS) is 12.1. The number of rotatable bonds is 2. The van der Waals surface area contributed by atoms with Crippen LogP contribution in [0.5, 0.6) is 11.5 Å². The number of benzene rings is 6. The Balaban J connectivity index is 1.18. The average Bonchev–Trinajstić information content (AvgIpc) is 3.31. The summed E-state index contributed by atoms with van der Waals surface area (Å²) in [5, 5.41) is 4.69. The van der Waals surface area contributed by atoms with Gasteiger partial charge in [-0.05, 0) is 69.6 Å². The van der Waals surface area contributed by atoms with Gasteiger partial charge in [0, 0.05) is 21.7 Å². The average molecular weight is 461 g/mol. The smallest absolute Gasteiger partial charge is 0.136 e. The van der Waals surface area contributed by atoms with Gasteiger partial charge in [-0.15, -0.1) is 0 Å². The third kappa shape index (κ3) is 2.85. The summed E-state index contributed by atoms with van der Waals surface area (Å²) >= 11 is 0. The van der Waals surface area contributed by atoms with Gasteiger partial charge < -0.3 is 9.15 Å². The number of hydrogen-bond acceptors (Lipinski definition) is 2. The second-order valence-corrected chi connectivity index (χ2v) is 9.36. The molecule has 36 heavy (non-hydrogen) atoms. The van der Waals surface area contributed by atoms with Crippen molar-refractivity contribution in [2.45, 2.75) is 0 Å². The van der Waals surface area contributed by atoms with Gasteiger partial charge in [-0.1, -0.05) is 84.9 Å². The molecule has 2 heterocycles. The first-order valence-corrected chi connectivity index (χ1v) is 12.2. The molecule has 0 fully saturated rings. The van der Waals surface area contributed by atoms with Crippen LogP contribution in [0.4, 0.5) is 0 Å². The lowest BCUT2D eigenvalue weighted by molar-refractivity contribution is 0.487. The fraction of sp³-hybridized carbons (Fsp3) is 0. The highest BCUT2D eigenvalue weighted by atomic mass is 16.5. The number of hydrogen-bond donors (Lipinski definition) is 0. The summed E-state index contributed by atoms with van der Waals surface area (Å²) in [5.41, 5.74) is 8.87. The van der Waals surface area contributed by atoms with Crippen molar-refractivity contribution in [3.05, 3.63) is 121 Å². The van der Waals surface area contributed by atoms with Crippen LogP contribution in [-0.2, 0) is 0 Å². The number of ether oxygens (including phenoxy) is 1. The van der Waals surface area contributed by atoms with Gasteiger partial charge in [0.25, 0.3) is 0 Å². The minimum absolute atomic E-state index is 0.903. The van der Waals surface area contributed by atoms with E-state index < -0.39 is 0 Å². The molecule has 0 aliphatic carbocycles. The van der Waals surface area contributed by atoms with Crippen molar-refractivity contribution in [3.8, 4) is 44.9 Å². The molecule has 0 bridgehead atoms. The van der Waals surface area contributed by atoms with Gasteiger partial charge in [-0.2, -0.15) is 0 Å². The summed E-state index contributed by atoms with van der Waals surface area (Å²) < 4.78 is 12.4. The van der Waals surface area contributed by atoms with Gasteiger partial charge in [-0.25, -0.2) is 0 Å². The molecule has 0 amide bonds. The summed E-state index contributed by atoms with van der Waals surface area (Å²) in [5.74, 6) is 1.83. The number of fused-ring (bicyclic) bond motifs is 5. The molecule has 1 aliphatic heterocycles. The Morgan fingerprint density at radius 1 is 0.417 bits per heavy atom. The van der Waals surface area contributed by atoms with Gasteiger partial charge in [0.1, 0.15) is 22.7 Å². The van der Waals surface area contributed by atoms with Crippen LogP contribution < -0.4 is 4.74 Å². The van der Waals surface area contributed by atoms with Crippen LogP contribution in [0.15, 0.2) is 126 Å². The van der Waals surface area contributed by atoms with Gasteiger partial charge in [0.15, 0.2) is 0 Å². The monoisotopic (exact) mass is 460 g/mol. The van der Waals surface area contributed by atoms with Crippen LogP contribution in [0.25, 0.3) is 66.1 Å². The molecule has 0 atom stereocenters. The van der Waals surface area contributed by atoms with Crippen LogP contribution in [-0.4, -0.2) is 0 Å². The maximum atomic E-state index is 6.27. The predicted octanol–water partition coefficient (Wildman–Crippen LogP) is 9.85. The van der Waals surface area contributed by atoms with E-state index in [4.69, 9.17) is 9.15 Å². The molecule has 0 saturated heterocycles. The molecule has 1 aliphatic rings. The first kappa shape index (κ1) is 19.5. The quantitative estimate of drug-likeness (QED) is 0.256. The first-order chi connectivity index (χ1) is 17.8. The van der Waals surface area contributed by atoms with Gasteiger partial charge in [0.05, 0.1) is 0 Å². The SMILES string of the molecule is c1cc2c3c(cccc3c1)-c1cc(-c3ccc(-c4ccc5c(c4)oc4ccccc45)cc3)ccc1O2. The third-order valence-electron chi connectivity index (χ3n) is 7.29. The van der Waals surface area contributed by atoms with Gasteiger partial charge >= 0.3 is 0 Å². The van der Waals surface area contributed by atoms with Crippen molar-refractivity contribution in [2.24, 2.45) is 0 Å². The Morgan fingerprint density at radius 2 is 1.11 bits per heavy atom. The topological polar surface area (TPSA) is 22.4 Å². The van der Waals surface area contributed by atoms with Crippen molar-refractivity contribution < 1.29 is 9.15 Å². The zero-order valence-corrected chi connectivity index (χ0v) is 19.4. The Hall–Kier alpha value is -4.82. The van der Waals surface area contributed by atoms with E-state index in [2.05, 4.69) is 97.1 Å². The molecule has 168 valence electrons. The molecule has 0 spiro atoms. The molecule has 2 nitrogen and oxygen atoms in total. The molecule has 8 rings (SSSR count). The Kier molecular flexibility index (Phi) is 3.97. The lowest BCUT2D eigenvalue weighted by atomic mass is 9.92. The van der Waals surface area contributed by atoms with E-state index >= 15 is 0 Å². The van der Waals surface area contributed by atoms with Crippen molar-refractivity contribution in [1.82, 2.24) is 0 Å². The largest absolute Gasteiger partial charge is 0.456 e. The Morgan fingerprint density at radius 3 is 1.97 bits per heavy atom. The Labute approximate surface area is 208 Å². The Bertz CT molecular complexity index is 1950. The third-order valence-corrected chi connectivity index (χ3v) is 7.29. The first-order valence-electron chi connectivity index (χ1n) is 12.2. The molecule has 1 aromatic heterocycles. The van der Waals surface area contributed by atoms with E-state index in [1.807, 2.05) is 24.3 Å². The molecular weight excluding hydrogens is 440 g/mol. The number of para-hydroxylation sites is 1. The molecule has 2 heteroatoms. The molecule has 7 aromatic rings. The predicted molar refractivity (Wildman–Crippen MR) is 148 cm³/mol. The molecule has 0 N–H and O–H groups in total. The second kappa shape index (κ2) is 7.34. The molecule has 0 radical (unpaired) electrons. The van der Waals surface area contributed by atoms with E-state index in [0.29, 0.717) is 0 Å².